The van der Waals surface area contributed by atoms with E-state index in [4.69, 9.17) is 8.83 Å². The third-order valence-electron chi connectivity index (χ3n) is 8.78. The van der Waals surface area contributed by atoms with Crippen LogP contribution in [0.2, 0.25) is 0 Å². The zero-order valence-electron chi connectivity index (χ0n) is 27.4. The van der Waals surface area contributed by atoms with E-state index >= 15 is 0 Å². The molecule has 2 heteroatoms. The van der Waals surface area contributed by atoms with Crippen LogP contribution < -0.4 is 0 Å². The van der Waals surface area contributed by atoms with Crippen LogP contribution >= 0.6 is 0 Å². The summed E-state index contributed by atoms with van der Waals surface area (Å²) in [6, 6.07) is 66.9. The Kier molecular flexibility index (Phi) is 8.73. The molecule has 8 rings (SSSR count). The third-order valence-corrected chi connectivity index (χ3v) is 8.78. The molecule has 8 aromatic rings. The Labute approximate surface area is 292 Å². The fourth-order valence-corrected chi connectivity index (χ4v) is 6.08. The molecule has 2 nitrogen and oxygen atoms in total. The summed E-state index contributed by atoms with van der Waals surface area (Å²) in [5.74, 6) is 3.36. The van der Waals surface area contributed by atoms with E-state index in [9.17, 15) is 0 Å². The summed E-state index contributed by atoms with van der Waals surface area (Å²) >= 11 is 0. The standard InChI is InChI=1S/C48H34O2/c1-5-13-39(14-6-1)45-31-43(32-46(49-45)40-15-7-2-8-16-40)37-27-23-35(24-28-37)21-22-36-25-29-38(30-26-36)44-33-47(41-17-9-3-10-18-41)50-48(34-44)42-19-11-4-12-20-42/h1-34H/q+2/b22-21+. The van der Waals surface area contributed by atoms with Crippen LogP contribution in [0.1, 0.15) is 11.1 Å². The molecule has 0 aliphatic rings. The van der Waals surface area contributed by atoms with Gasteiger partial charge in [0.05, 0.1) is 46.5 Å². The van der Waals surface area contributed by atoms with E-state index in [-0.39, 0.29) is 0 Å². The van der Waals surface area contributed by atoms with Crippen molar-refractivity contribution in [1.82, 2.24) is 0 Å². The number of rotatable bonds is 8. The molecule has 0 unspecified atom stereocenters. The highest BCUT2D eigenvalue weighted by Gasteiger charge is 2.21. The van der Waals surface area contributed by atoms with Crippen LogP contribution in [-0.4, -0.2) is 0 Å². The highest BCUT2D eigenvalue weighted by Crippen LogP contribution is 2.35. The molecule has 0 saturated carbocycles. The highest BCUT2D eigenvalue weighted by molar-refractivity contribution is 5.78. The minimum Gasteiger partial charge on any atom is -0.207 e. The number of benzene rings is 6. The molecule has 0 radical (unpaired) electrons. The van der Waals surface area contributed by atoms with E-state index in [2.05, 4.69) is 133 Å². The summed E-state index contributed by atoms with van der Waals surface area (Å²) < 4.78 is 12.8. The van der Waals surface area contributed by atoms with E-state index in [0.717, 1.165) is 78.7 Å². The van der Waals surface area contributed by atoms with E-state index < -0.39 is 0 Å². The van der Waals surface area contributed by atoms with Gasteiger partial charge in [-0.25, -0.2) is 8.83 Å². The van der Waals surface area contributed by atoms with Crippen molar-refractivity contribution in [3.8, 4) is 67.5 Å². The van der Waals surface area contributed by atoms with Crippen molar-refractivity contribution in [2.45, 2.75) is 0 Å². The monoisotopic (exact) mass is 642 g/mol. The second-order valence-electron chi connectivity index (χ2n) is 12.2. The van der Waals surface area contributed by atoms with Gasteiger partial charge in [-0.1, -0.05) is 133 Å². The van der Waals surface area contributed by atoms with E-state index in [0.29, 0.717) is 0 Å². The Morgan fingerprint density at radius 3 is 0.760 bits per heavy atom. The van der Waals surface area contributed by atoms with Crippen LogP contribution in [0.15, 0.2) is 203 Å². The fraction of sp³-hybridized carbons (Fsp3) is 0. The SMILES string of the molecule is C(=C\c1ccc(-c2cc(-c3ccccc3)[o+]c(-c3ccccc3)c2)cc1)/c1ccc(-c2cc(-c3ccccc3)[o+]c(-c3ccccc3)c2)cc1. The smallest absolute Gasteiger partial charge is 0.207 e. The molecule has 2 aromatic heterocycles. The van der Waals surface area contributed by atoms with Gasteiger partial charge in [0, 0.05) is 11.1 Å². The predicted octanol–water partition coefficient (Wildman–Crippen LogP) is 13.6. The van der Waals surface area contributed by atoms with Gasteiger partial charge in [-0.15, -0.1) is 0 Å². The topological polar surface area (TPSA) is 22.6 Å². The Balaban J connectivity index is 1.04. The minimum absolute atomic E-state index is 0.840. The van der Waals surface area contributed by atoms with Crippen molar-refractivity contribution >= 4 is 12.2 Å². The average Bonchev–Trinajstić information content (AvgIpc) is 3.21. The Morgan fingerprint density at radius 1 is 0.240 bits per heavy atom. The molecule has 0 atom stereocenters. The lowest BCUT2D eigenvalue weighted by molar-refractivity contribution is 0.582. The molecule has 0 saturated heterocycles. The largest absolute Gasteiger partial charge is 0.361 e. The highest BCUT2D eigenvalue weighted by atomic mass is 16.3. The van der Waals surface area contributed by atoms with Gasteiger partial charge in [0.25, 0.3) is 0 Å². The summed E-state index contributed by atoms with van der Waals surface area (Å²) in [4.78, 5) is 0. The van der Waals surface area contributed by atoms with Crippen molar-refractivity contribution in [3.63, 3.8) is 0 Å². The van der Waals surface area contributed by atoms with E-state index in [1.165, 1.54) is 0 Å². The quantitative estimate of drug-likeness (QED) is 0.122. The molecule has 0 fully saturated rings. The van der Waals surface area contributed by atoms with Gasteiger partial charge in [-0.05, 0) is 70.8 Å². The maximum absolute atomic E-state index is 6.40. The number of hydrogen-bond donors (Lipinski definition) is 0. The number of hydrogen-bond acceptors (Lipinski definition) is 0. The molecule has 50 heavy (non-hydrogen) atoms. The molecule has 0 aliphatic heterocycles. The van der Waals surface area contributed by atoms with Crippen LogP contribution in [0.4, 0.5) is 0 Å². The Hall–Kier alpha value is -6.64. The van der Waals surface area contributed by atoms with Crippen LogP contribution in [0.25, 0.3) is 79.7 Å². The van der Waals surface area contributed by atoms with Gasteiger partial charge in [0.2, 0.25) is 0 Å². The van der Waals surface area contributed by atoms with Gasteiger partial charge in [0.15, 0.2) is 0 Å². The van der Waals surface area contributed by atoms with Crippen LogP contribution in [-0.2, 0) is 0 Å². The molecule has 0 aliphatic carbocycles. The average molecular weight is 643 g/mol. The Morgan fingerprint density at radius 2 is 0.500 bits per heavy atom. The van der Waals surface area contributed by atoms with Crippen molar-refractivity contribution in [1.29, 1.82) is 0 Å². The molecule has 0 spiro atoms. The van der Waals surface area contributed by atoms with Crippen molar-refractivity contribution < 1.29 is 8.83 Å². The summed E-state index contributed by atoms with van der Waals surface area (Å²) in [5.41, 5.74) is 11.0. The summed E-state index contributed by atoms with van der Waals surface area (Å²) in [7, 11) is 0. The van der Waals surface area contributed by atoms with Gasteiger partial charge < -0.3 is 0 Å². The van der Waals surface area contributed by atoms with Gasteiger partial charge >= 0.3 is 23.0 Å². The first-order valence-electron chi connectivity index (χ1n) is 16.8. The first-order valence-corrected chi connectivity index (χ1v) is 16.8. The normalized spacial score (nSPS) is 11.1. The molecule has 0 amide bonds. The zero-order chi connectivity index (χ0) is 33.5. The van der Waals surface area contributed by atoms with Gasteiger partial charge in [0.1, 0.15) is 0 Å². The van der Waals surface area contributed by atoms with Crippen molar-refractivity contribution in [3.05, 3.63) is 205 Å². The second-order valence-corrected chi connectivity index (χ2v) is 12.2. The summed E-state index contributed by atoms with van der Waals surface area (Å²) in [6.45, 7) is 0. The van der Waals surface area contributed by atoms with Crippen LogP contribution in [0, 0.1) is 0 Å². The molecular weight excluding hydrogens is 609 g/mol. The van der Waals surface area contributed by atoms with Gasteiger partial charge in [-0.3, -0.25) is 0 Å². The minimum atomic E-state index is 0.840. The predicted molar refractivity (Wildman–Crippen MR) is 208 cm³/mol. The molecular formula is C48H34O2+2. The van der Waals surface area contributed by atoms with Crippen LogP contribution in [0.3, 0.4) is 0 Å². The fourth-order valence-electron chi connectivity index (χ4n) is 6.08. The lowest BCUT2D eigenvalue weighted by atomic mass is 9.99. The second kappa shape index (κ2) is 14.2. The van der Waals surface area contributed by atoms with Crippen molar-refractivity contribution in [2.75, 3.05) is 0 Å². The lowest BCUT2D eigenvalue weighted by Gasteiger charge is -2.04. The summed E-state index contributed by atoms with van der Waals surface area (Å²) in [6.07, 6.45) is 4.32. The molecule has 0 N–H and O–H groups in total. The van der Waals surface area contributed by atoms with Crippen LogP contribution in [0.5, 0.6) is 0 Å². The first-order chi connectivity index (χ1) is 24.7. The van der Waals surface area contributed by atoms with Crippen molar-refractivity contribution in [2.24, 2.45) is 0 Å². The molecule has 6 aromatic carbocycles. The van der Waals surface area contributed by atoms with E-state index in [1.54, 1.807) is 0 Å². The lowest BCUT2D eigenvalue weighted by Crippen LogP contribution is -1.86. The maximum atomic E-state index is 6.40. The molecule has 236 valence electrons. The van der Waals surface area contributed by atoms with Gasteiger partial charge in [-0.2, -0.15) is 0 Å². The first kappa shape index (κ1) is 30.7. The summed E-state index contributed by atoms with van der Waals surface area (Å²) in [5, 5.41) is 0. The van der Waals surface area contributed by atoms with E-state index in [1.807, 2.05) is 72.8 Å². The maximum Gasteiger partial charge on any atom is 0.361 e. The zero-order valence-corrected chi connectivity index (χ0v) is 27.4. The Bertz CT molecular complexity index is 2080. The third kappa shape index (κ3) is 6.96. The molecule has 2 heterocycles. The molecule has 0 bridgehead atoms.